The SMILES string of the molecule is O=C(C1CC(c2ccccc2)NN1)N1CCN(C(=O)C2CCCO2)CC1. The normalized spacial score (nSPS) is 29.2. The smallest absolute Gasteiger partial charge is 0.251 e. The lowest BCUT2D eigenvalue weighted by Gasteiger charge is -2.36. The second-order valence-corrected chi connectivity index (χ2v) is 7.19. The molecule has 3 atom stereocenters. The van der Waals surface area contributed by atoms with E-state index >= 15 is 0 Å². The third kappa shape index (κ3) is 3.60. The number of ether oxygens (including phenoxy) is 1. The van der Waals surface area contributed by atoms with Gasteiger partial charge in [-0.1, -0.05) is 30.3 Å². The predicted molar refractivity (Wildman–Crippen MR) is 96.0 cm³/mol. The first kappa shape index (κ1) is 17.5. The summed E-state index contributed by atoms with van der Waals surface area (Å²) in [5.41, 5.74) is 7.55. The molecule has 1 aromatic carbocycles. The maximum atomic E-state index is 12.8. The monoisotopic (exact) mass is 358 g/mol. The molecule has 140 valence electrons. The number of rotatable bonds is 3. The Kier molecular flexibility index (Phi) is 5.19. The lowest BCUT2D eigenvalue weighted by molar-refractivity contribution is -0.146. The van der Waals surface area contributed by atoms with Crippen molar-refractivity contribution in [3.8, 4) is 0 Å². The Hall–Kier alpha value is -1.96. The summed E-state index contributed by atoms with van der Waals surface area (Å²) in [6, 6.07) is 10.1. The Bertz CT molecular complexity index is 639. The summed E-state index contributed by atoms with van der Waals surface area (Å²) in [5, 5.41) is 0. The van der Waals surface area contributed by atoms with Gasteiger partial charge in [-0.25, -0.2) is 10.9 Å². The van der Waals surface area contributed by atoms with Gasteiger partial charge in [0.15, 0.2) is 0 Å². The molecule has 2 N–H and O–H groups in total. The van der Waals surface area contributed by atoms with Crippen molar-refractivity contribution >= 4 is 11.8 Å². The van der Waals surface area contributed by atoms with Gasteiger partial charge in [-0.3, -0.25) is 9.59 Å². The van der Waals surface area contributed by atoms with Crippen LogP contribution < -0.4 is 10.9 Å². The van der Waals surface area contributed by atoms with Crippen molar-refractivity contribution in [3.63, 3.8) is 0 Å². The second-order valence-electron chi connectivity index (χ2n) is 7.19. The quantitative estimate of drug-likeness (QED) is 0.820. The molecule has 3 aliphatic rings. The Morgan fingerprint density at radius 2 is 1.65 bits per heavy atom. The number of nitrogens with zero attached hydrogens (tertiary/aromatic N) is 2. The summed E-state index contributed by atoms with van der Waals surface area (Å²) >= 11 is 0. The van der Waals surface area contributed by atoms with Crippen molar-refractivity contribution in [2.75, 3.05) is 32.8 Å². The molecule has 3 aliphatic heterocycles. The number of hydrazine groups is 1. The van der Waals surface area contributed by atoms with Gasteiger partial charge in [0.2, 0.25) is 5.91 Å². The fourth-order valence-electron chi connectivity index (χ4n) is 3.97. The van der Waals surface area contributed by atoms with E-state index in [2.05, 4.69) is 23.0 Å². The van der Waals surface area contributed by atoms with Crippen LogP contribution in [0.25, 0.3) is 0 Å². The van der Waals surface area contributed by atoms with Crippen molar-refractivity contribution in [2.45, 2.75) is 37.5 Å². The van der Waals surface area contributed by atoms with Crippen LogP contribution in [-0.2, 0) is 14.3 Å². The van der Waals surface area contributed by atoms with Gasteiger partial charge in [0.05, 0.1) is 0 Å². The fourth-order valence-corrected chi connectivity index (χ4v) is 3.97. The largest absolute Gasteiger partial charge is 0.368 e. The molecule has 1 aromatic rings. The van der Waals surface area contributed by atoms with Crippen LogP contribution in [0.5, 0.6) is 0 Å². The van der Waals surface area contributed by atoms with E-state index in [1.807, 2.05) is 28.0 Å². The van der Waals surface area contributed by atoms with Crippen LogP contribution in [0.3, 0.4) is 0 Å². The lowest BCUT2D eigenvalue weighted by atomic mass is 10.0. The molecule has 3 fully saturated rings. The van der Waals surface area contributed by atoms with Crippen LogP contribution >= 0.6 is 0 Å². The van der Waals surface area contributed by atoms with Crippen LogP contribution in [-0.4, -0.2) is 66.5 Å². The molecule has 0 radical (unpaired) electrons. The molecule has 4 rings (SSSR count). The molecule has 2 amide bonds. The molecular weight excluding hydrogens is 332 g/mol. The minimum atomic E-state index is -0.274. The number of hydrogen-bond donors (Lipinski definition) is 2. The topological polar surface area (TPSA) is 73.9 Å². The average molecular weight is 358 g/mol. The van der Waals surface area contributed by atoms with E-state index in [0.29, 0.717) is 32.8 Å². The predicted octanol–water partition coefficient (Wildman–Crippen LogP) is 0.444. The first-order valence-corrected chi connectivity index (χ1v) is 9.47. The van der Waals surface area contributed by atoms with Gasteiger partial charge >= 0.3 is 0 Å². The van der Waals surface area contributed by atoms with Gasteiger partial charge in [0.1, 0.15) is 12.1 Å². The first-order chi connectivity index (χ1) is 12.7. The summed E-state index contributed by atoms with van der Waals surface area (Å²) in [4.78, 5) is 28.9. The number of carbonyl (C=O) groups is 2. The van der Waals surface area contributed by atoms with Crippen LogP contribution in [0.1, 0.15) is 30.9 Å². The van der Waals surface area contributed by atoms with Crippen molar-refractivity contribution in [2.24, 2.45) is 0 Å². The zero-order chi connectivity index (χ0) is 17.9. The number of carbonyl (C=O) groups excluding carboxylic acids is 2. The third-order valence-electron chi connectivity index (χ3n) is 5.51. The summed E-state index contributed by atoms with van der Waals surface area (Å²) in [7, 11) is 0. The third-order valence-corrected chi connectivity index (χ3v) is 5.51. The summed E-state index contributed by atoms with van der Waals surface area (Å²) in [6.07, 6.45) is 2.23. The lowest BCUT2D eigenvalue weighted by Crippen LogP contribution is -2.56. The molecular formula is C19H26N4O3. The number of nitrogens with one attached hydrogen (secondary N) is 2. The van der Waals surface area contributed by atoms with Gasteiger partial charge in [0, 0.05) is 38.8 Å². The molecule has 0 aromatic heterocycles. The summed E-state index contributed by atoms with van der Waals surface area (Å²) < 4.78 is 5.49. The molecule has 0 aliphatic carbocycles. The van der Waals surface area contributed by atoms with E-state index in [0.717, 1.165) is 19.3 Å². The second kappa shape index (κ2) is 7.73. The van der Waals surface area contributed by atoms with Crippen molar-refractivity contribution in [3.05, 3.63) is 35.9 Å². The van der Waals surface area contributed by atoms with Crippen LogP contribution in [0, 0.1) is 0 Å². The molecule has 0 spiro atoms. The van der Waals surface area contributed by atoms with Gasteiger partial charge in [-0.05, 0) is 24.8 Å². The molecule has 7 heteroatoms. The molecule has 26 heavy (non-hydrogen) atoms. The first-order valence-electron chi connectivity index (χ1n) is 9.47. The zero-order valence-corrected chi connectivity index (χ0v) is 14.9. The molecule has 3 saturated heterocycles. The van der Waals surface area contributed by atoms with Crippen LogP contribution in [0.4, 0.5) is 0 Å². The molecule has 0 saturated carbocycles. The molecule has 3 heterocycles. The molecule has 3 unspecified atom stereocenters. The van der Waals surface area contributed by atoms with E-state index in [9.17, 15) is 9.59 Å². The number of benzene rings is 1. The highest BCUT2D eigenvalue weighted by Gasteiger charge is 2.36. The van der Waals surface area contributed by atoms with Gasteiger partial charge < -0.3 is 14.5 Å². The number of piperazine rings is 1. The van der Waals surface area contributed by atoms with E-state index in [1.165, 1.54) is 5.56 Å². The standard InChI is InChI=1S/C19H26N4O3/c24-18(16-13-15(20-21-16)14-5-2-1-3-6-14)22-8-10-23(11-9-22)19(25)17-7-4-12-26-17/h1-3,5-6,15-17,20-21H,4,7-13H2. The van der Waals surface area contributed by atoms with E-state index in [1.54, 1.807) is 0 Å². The Morgan fingerprint density at radius 3 is 2.31 bits per heavy atom. The fraction of sp³-hybridized carbons (Fsp3) is 0.579. The molecule has 0 bridgehead atoms. The van der Waals surface area contributed by atoms with E-state index < -0.39 is 0 Å². The average Bonchev–Trinajstić information content (AvgIpc) is 3.40. The Labute approximate surface area is 153 Å². The van der Waals surface area contributed by atoms with Crippen molar-refractivity contribution in [1.82, 2.24) is 20.7 Å². The number of amides is 2. The number of hydrogen-bond acceptors (Lipinski definition) is 5. The maximum Gasteiger partial charge on any atom is 0.251 e. The van der Waals surface area contributed by atoms with E-state index in [4.69, 9.17) is 4.74 Å². The van der Waals surface area contributed by atoms with Crippen LogP contribution in [0.15, 0.2) is 30.3 Å². The highest BCUT2D eigenvalue weighted by Crippen LogP contribution is 2.23. The Balaban J connectivity index is 1.28. The summed E-state index contributed by atoms with van der Waals surface area (Å²) in [5.74, 6) is 0.194. The van der Waals surface area contributed by atoms with Crippen molar-refractivity contribution in [1.29, 1.82) is 0 Å². The Morgan fingerprint density at radius 1 is 0.962 bits per heavy atom. The molecule has 7 nitrogen and oxygen atoms in total. The summed E-state index contributed by atoms with van der Waals surface area (Å²) in [6.45, 7) is 3.04. The minimum absolute atomic E-state index is 0.0828. The zero-order valence-electron chi connectivity index (χ0n) is 14.9. The van der Waals surface area contributed by atoms with E-state index in [-0.39, 0.29) is 30.0 Å². The van der Waals surface area contributed by atoms with Crippen LogP contribution in [0.2, 0.25) is 0 Å². The van der Waals surface area contributed by atoms with Gasteiger partial charge in [-0.2, -0.15) is 0 Å². The minimum Gasteiger partial charge on any atom is -0.368 e. The van der Waals surface area contributed by atoms with Gasteiger partial charge in [0.25, 0.3) is 5.91 Å². The highest BCUT2D eigenvalue weighted by molar-refractivity contribution is 5.84. The highest BCUT2D eigenvalue weighted by atomic mass is 16.5. The van der Waals surface area contributed by atoms with Crippen molar-refractivity contribution < 1.29 is 14.3 Å². The maximum absolute atomic E-state index is 12.8. The van der Waals surface area contributed by atoms with Gasteiger partial charge in [-0.15, -0.1) is 0 Å².